The van der Waals surface area contributed by atoms with Crippen LogP contribution in [0.2, 0.25) is 0 Å². The van der Waals surface area contributed by atoms with Crippen LogP contribution in [0.15, 0.2) is 36.5 Å². The Hall–Kier alpha value is -2.37. The highest BCUT2D eigenvalue weighted by Crippen LogP contribution is 2.14. The number of carbonyl (C=O) groups excluding carboxylic acids is 3. The molecule has 0 saturated heterocycles. The molecule has 1 atom stereocenters. The van der Waals surface area contributed by atoms with Crippen molar-refractivity contribution < 1.29 is 28.6 Å². The molecule has 0 aromatic rings. The number of unbranched alkanes of at least 4 members (excludes halogenated alkanes) is 24. The van der Waals surface area contributed by atoms with E-state index in [2.05, 4.69) is 57.2 Å². The lowest BCUT2D eigenvalue weighted by atomic mass is 10.0. The fraction of sp³-hybridized carbons (Fsp3) is 0.812. The monoisotopic (exact) mass is 759 g/mol. The average Bonchev–Trinajstić information content (AvgIpc) is 3.17. The van der Waals surface area contributed by atoms with Crippen LogP contribution in [0.1, 0.15) is 233 Å². The van der Waals surface area contributed by atoms with Crippen LogP contribution in [-0.2, 0) is 28.6 Å². The minimum absolute atomic E-state index is 0.0882. The SMILES string of the molecule is CC/C=C\C/C=C\CCCCC(=O)OCC(COC(=O)CCCCC/C=C\CCCCCCCCC)OC(=O)CCCCCCCCCCCCCCC. The van der Waals surface area contributed by atoms with E-state index in [1.807, 2.05) is 0 Å². The summed E-state index contributed by atoms with van der Waals surface area (Å²) in [6, 6.07) is 0. The molecule has 0 radical (unpaired) electrons. The molecule has 0 fully saturated rings. The first-order valence-electron chi connectivity index (χ1n) is 23.0. The van der Waals surface area contributed by atoms with E-state index < -0.39 is 6.10 Å². The van der Waals surface area contributed by atoms with Gasteiger partial charge in [-0.05, 0) is 70.6 Å². The van der Waals surface area contributed by atoms with Crippen molar-refractivity contribution in [3.8, 4) is 0 Å². The van der Waals surface area contributed by atoms with Gasteiger partial charge in [0.15, 0.2) is 6.10 Å². The highest BCUT2D eigenvalue weighted by Gasteiger charge is 2.19. The van der Waals surface area contributed by atoms with E-state index >= 15 is 0 Å². The van der Waals surface area contributed by atoms with Crippen LogP contribution >= 0.6 is 0 Å². The topological polar surface area (TPSA) is 78.9 Å². The number of carbonyl (C=O) groups is 3. The molecule has 314 valence electrons. The third-order valence-corrected chi connectivity index (χ3v) is 9.88. The maximum Gasteiger partial charge on any atom is 0.306 e. The molecule has 0 saturated carbocycles. The molecule has 0 aliphatic rings. The normalized spacial score (nSPS) is 12.3. The molecule has 0 bridgehead atoms. The van der Waals surface area contributed by atoms with Gasteiger partial charge in [0.25, 0.3) is 0 Å². The second-order valence-electron chi connectivity index (χ2n) is 15.3. The first-order chi connectivity index (χ1) is 26.5. The number of esters is 3. The highest BCUT2D eigenvalue weighted by atomic mass is 16.6. The van der Waals surface area contributed by atoms with Crippen molar-refractivity contribution in [1.29, 1.82) is 0 Å². The molecule has 0 amide bonds. The van der Waals surface area contributed by atoms with Crippen LogP contribution in [0.4, 0.5) is 0 Å². The van der Waals surface area contributed by atoms with Crippen molar-refractivity contribution in [2.75, 3.05) is 13.2 Å². The maximum atomic E-state index is 12.7. The van der Waals surface area contributed by atoms with Gasteiger partial charge in [-0.25, -0.2) is 0 Å². The van der Waals surface area contributed by atoms with Gasteiger partial charge in [-0.1, -0.05) is 179 Å². The summed E-state index contributed by atoms with van der Waals surface area (Å²) in [5.74, 6) is -0.937. The zero-order chi connectivity index (χ0) is 39.4. The number of hydrogen-bond acceptors (Lipinski definition) is 6. The molecule has 0 aromatic heterocycles. The highest BCUT2D eigenvalue weighted by molar-refractivity contribution is 5.71. The van der Waals surface area contributed by atoms with Crippen molar-refractivity contribution in [3.63, 3.8) is 0 Å². The predicted molar refractivity (Wildman–Crippen MR) is 229 cm³/mol. The Bertz CT molecular complexity index is 922. The molecule has 0 rings (SSSR count). The minimum Gasteiger partial charge on any atom is -0.462 e. The molecule has 0 aliphatic heterocycles. The number of allylic oxidation sites excluding steroid dienone is 6. The molecule has 0 aromatic carbocycles. The Morgan fingerprint density at radius 2 is 0.722 bits per heavy atom. The van der Waals surface area contributed by atoms with Crippen LogP contribution in [0.3, 0.4) is 0 Å². The van der Waals surface area contributed by atoms with E-state index in [-0.39, 0.29) is 31.1 Å². The van der Waals surface area contributed by atoms with E-state index in [0.717, 1.165) is 83.5 Å². The third-order valence-electron chi connectivity index (χ3n) is 9.88. The van der Waals surface area contributed by atoms with Gasteiger partial charge in [0.05, 0.1) is 0 Å². The van der Waals surface area contributed by atoms with Gasteiger partial charge >= 0.3 is 17.9 Å². The predicted octanol–water partition coefficient (Wildman–Crippen LogP) is 14.6. The van der Waals surface area contributed by atoms with Crippen molar-refractivity contribution in [3.05, 3.63) is 36.5 Å². The Morgan fingerprint density at radius 1 is 0.389 bits per heavy atom. The van der Waals surface area contributed by atoms with Gasteiger partial charge in [0, 0.05) is 19.3 Å². The molecule has 0 spiro atoms. The van der Waals surface area contributed by atoms with Crippen molar-refractivity contribution in [1.82, 2.24) is 0 Å². The van der Waals surface area contributed by atoms with Crippen molar-refractivity contribution in [2.45, 2.75) is 239 Å². The molecule has 0 heterocycles. The van der Waals surface area contributed by atoms with Crippen molar-refractivity contribution in [2.24, 2.45) is 0 Å². The Kier molecular flexibility index (Phi) is 41.5. The van der Waals surface area contributed by atoms with Crippen LogP contribution < -0.4 is 0 Å². The molecule has 54 heavy (non-hydrogen) atoms. The number of ether oxygens (including phenoxy) is 3. The average molecular weight is 759 g/mol. The first-order valence-corrected chi connectivity index (χ1v) is 23.0. The van der Waals surface area contributed by atoms with Gasteiger partial charge in [0.2, 0.25) is 0 Å². The van der Waals surface area contributed by atoms with E-state index in [9.17, 15) is 14.4 Å². The second-order valence-corrected chi connectivity index (χ2v) is 15.3. The minimum atomic E-state index is -0.784. The molecule has 0 aliphatic carbocycles. The molecule has 6 nitrogen and oxygen atoms in total. The van der Waals surface area contributed by atoms with Crippen LogP contribution in [0.5, 0.6) is 0 Å². The summed E-state index contributed by atoms with van der Waals surface area (Å²) >= 11 is 0. The van der Waals surface area contributed by atoms with Gasteiger partial charge in [-0.3, -0.25) is 14.4 Å². The van der Waals surface area contributed by atoms with Crippen LogP contribution in [-0.4, -0.2) is 37.2 Å². The lowest BCUT2D eigenvalue weighted by molar-refractivity contribution is -0.167. The van der Waals surface area contributed by atoms with Gasteiger partial charge < -0.3 is 14.2 Å². The second kappa shape index (κ2) is 43.4. The zero-order valence-corrected chi connectivity index (χ0v) is 35.7. The number of hydrogen-bond donors (Lipinski definition) is 0. The molecular weight excluding hydrogens is 673 g/mol. The van der Waals surface area contributed by atoms with Gasteiger partial charge in [0.1, 0.15) is 13.2 Å². The lowest BCUT2D eigenvalue weighted by Gasteiger charge is -2.18. The molecular formula is C48H86O6. The third kappa shape index (κ3) is 40.8. The number of rotatable bonds is 41. The smallest absolute Gasteiger partial charge is 0.306 e. The van der Waals surface area contributed by atoms with E-state index in [1.165, 1.54) is 109 Å². The van der Waals surface area contributed by atoms with E-state index in [1.54, 1.807) is 0 Å². The molecule has 6 heteroatoms. The van der Waals surface area contributed by atoms with E-state index in [0.29, 0.717) is 19.3 Å². The molecule has 1 unspecified atom stereocenters. The van der Waals surface area contributed by atoms with Crippen molar-refractivity contribution >= 4 is 17.9 Å². The fourth-order valence-corrected chi connectivity index (χ4v) is 6.41. The van der Waals surface area contributed by atoms with E-state index in [4.69, 9.17) is 14.2 Å². The fourth-order valence-electron chi connectivity index (χ4n) is 6.41. The summed E-state index contributed by atoms with van der Waals surface area (Å²) in [6.07, 6.45) is 48.5. The summed E-state index contributed by atoms with van der Waals surface area (Å²) in [7, 11) is 0. The summed E-state index contributed by atoms with van der Waals surface area (Å²) in [5, 5.41) is 0. The van der Waals surface area contributed by atoms with Crippen LogP contribution in [0.25, 0.3) is 0 Å². The Balaban J connectivity index is 4.38. The molecule has 0 N–H and O–H groups in total. The maximum absolute atomic E-state index is 12.7. The summed E-state index contributed by atoms with van der Waals surface area (Å²) < 4.78 is 16.6. The Morgan fingerprint density at radius 3 is 1.19 bits per heavy atom. The van der Waals surface area contributed by atoms with Gasteiger partial charge in [-0.15, -0.1) is 0 Å². The zero-order valence-electron chi connectivity index (χ0n) is 35.7. The van der Waals surface area contributed by atoms with Crippen LogP contribution in [0, 0.1) is 0 Å². The quantitative estimate of drug-likeness (QED) is 0.0267. The first kappa shape index (κ1) is 51.6. The summed E-state index contributed by atoms with van der Waals surface area (Å²) in [5.41, 5.74) is 0. The summed E-state index contributed by atoms with van der Waals surface area (Å²) in [4.78, 5) is 37.6. The standard InChI is InChI=1S/C48H86O6/c1-4-7-10-13-16-19-21-23-25-26-29-32-35-38-41-47(50)53-44-45(43-52-46(49)40-37-34-31-28-18-15-12-9-6-3)54-48(51)42-39-36-33-30-27-24-22-20-17-14-11-8-5-2/h9,12,18,25-26,28,45H,4-8,10-11,13-17,19-24,27,29-44H2,1-3H3/b12-9-,26-25-,28-18-. The van der Waals surface area contributed by atoms with Gasteiger partial charge in [-0.2, -0.15) is 0 Å². The lowest BCUT2D eigenvalue weighted by Crippen LogP contribution is -2.30. The summed E-state index contributed by atoms with van der Waals surface area (Å²) in [6.45, 7) is 6.46. The Labute approximate surface area is 334 Å². The largest absolute Gasteiger partial charge is 0.462 e.